The van der Waals surface area contributed by atoms with Crippen LogP contribution in [0.2, 0.25) is 0 Å². The Bertz CT molecular complexity index is 493. The fourth-order valence-electron chi connectivity index (χ4n) is 2.87. The number of carbonyl (C=O) groups is 1. The minimum atomic E-state index is 0.177. The van der Waals surface area contributed by atoms with E-state index in [0.717, 1.165) is 37.6 Å². The van der Waals surface area contributed by atoms with Crippen LogP contribution in [-0.4, -0.2) is 41.0 Å². The third-order valence-electron chi connectivity index (χ3n) is 3.68. The summed E-state index contributed by atoms with van der Waals surface area (Å²) in [7, 11) is 0. The Morgan fingerprint density at radius 2 is 2.00 bits per heavy atom. The van der Waals surface area contributed by atoms with Crippen LogP contribution in [0.15, 0.2) is 6.20 Å². The van der Waals surface area contributed by atoms with Crippen LogP contribution in [-0.2, 0) is 11.2 Å². The fourth-order valence-corrected chi connectivity index (χ4v) is 2.87. The van der Waals surface area contributed by atoms with Crippen LogP contribution in [0.4, 0.5) is 5.95 Å². The zero-order valence-electron chi connectivity index (χ0n) is 11.4. The maximum absolute atomic E-state index is 11.8. The fraction of sp³-hybridized carbons (Fsp3) is 0.643. The summed E-state index contributed by atoms with van der Waals surface area (Å²) in [5, 5.41) is 0. The molecule has 0 aromatic carbocycles. The Hall–Kier alpha value is -1.49. The number of ether oxygens (including phenoxy) is 1. The summed E-state index contributed by atoms with van der Waals surface area (Å²) >= 11 is 0. The average Bonchev–Trinajstić information content (AvgIpc) is 2.37. The van der Waals surface area contributed by atoms with Crippen molar-refractivity contribution in [2.45, 2.75) is 45.3 Å². The molecular formula is C14H19N3O2. The van der Waals surface area contributed by atoms with Gasteiger partial charge < -0.3 is 9.64 Å². The van der Waals surface area contributed by atoms with E-state index >= 15 is 0 Å². The predicted octanol–water partition coefficient (Wildman–Crippen LogP) is 1.61. The minimum absolute atomic E-state index is 0.177. The SMILES string of the molecule is C[C@@H]1CN(c2ncc3c(n2)CCCC3=O)C[C@@H](C)O1. The highest BCUT2D eigenvalue weighted by molar-refractivity contribution is 5.97. The number of hydrogen-bond donors (Lipinski definition) is 0. The van der Waals surface area contributed by atoms with Crippen molar-refractivity contribution in [1.29, 1.82) is 0 Å². The van der Waals surface area contributed by atoms with Crippen LogP contribution in [0.3, 0.4) is 0 Å². The highest BCUT2D eigenvalue weighted by atomic mass is 16.5. The molecule has 0 radical (unpaired) electrons. The molecule has 0 unspecified atom stereocenters. The average molecular weight is 261 g/mol. The molecule has 1 aliphatic heterocycles. The molecule has 2 aliphatic rings. The zero-order chi connectivity index (χ0) is 13.4. The molecule has 1 aromatic heterocycles. The van der Waals surface area contributed by atoms with Gasteiger partial charge in [-0.3, -0.25) is 4.79 Å². The molecular weight excluding hydrogens is 242 g/mol. The molecule has 0 bridgehead atoms. The summed E-state index contributed by atoms with van der Waals surface area (Å²) in [4.78, 5) is 22.9. The number of hydrogen-bond acceptors (Lipinski definition) is 5. The highest BCUT2D eigenvalue weighted by Crippen LogP contribution is 2.22. The second kappa shape index (κ2) is 4.89. The van der Waals surface area contributed by atoms with Crippen LogP contribution in [0, 0.1) is 0 Å². The summed E-state index contributed by atoms with van der Waals surface area (Å²) in [5.41, 5.74) is 1.62. The van der Waals surface area contributed by atoms with Gasteiger partial charge in [0.15, 0.2) is 5.78 Å². The first-order valence-electron chi connectivity index (χ1n) is 6.93. The molecule has 102 valence electrons. The van der Waals surface area contributed by atoms with Crippen LogP contribution in [0.1, 0.15) is 42.7 Å². The number of rotatable bonds is 1. The Kier molecular flexibility index (Phi) is 3.22. The van der Waals surface area contributed by atoms with Crippen molar-refractivity contribution in [3.05, 3.63) is 17.5 Å². The maximum atomic E-state index is 11.8. The molecule has 0 N–H and O–H groups in total. The number of anilines is 1. The van der Waals surface area contributed by atoms with E-state index in [4.69, 9.17) is 4.74 Å². The first-order chi connectivity index (χ1) is 9.13. The molecule has 2 atom stereocenters. The third kappa shape index (κ3) is 2.47. The van der Waals surface area contributed by atoms with Gasteiger partial charge in [-0.25, -0.2) is 9.97 Å². The largest absolute Gasteiger partial charge is 0.372 e. The monoisotopic (exact) mass is 261 g/mol. The van der Waals surface area contributed by atoms with Gasteiger partial charge in [-0.1, -0.05) is 0 Å². The Morgan fingerprint density at radius 1 is 1.26 bits per heavy atom. The van der Waals surface area contributed by atoms with Gasteiger partial charge in [0, 0.05) is 25.7 Å². The molecule has 1 aliphatic carbocycles. The van der Waals surface area contributed by atoms with Crippen LogP contribution >= 0.6 is 0 Å². The summed E-state index contributed by atoms with van der Waals surface area (Å²) in [6.45, 7) is 5.73. The Balaban J connectivity index is 1.87. The standard InChI is InChI=1S/C14H19N3O2/c1-9-7-17(8-10(2)19-9)14-15-6-11-12(16-14)4-3-5-13(11)18/h6,9-10H,3-5,7-8H2,1-2H3/t9-,10-/m1/s1. The van der Waals surface area contributed by atoms with Crippen molar-refractivity contribution in [2.75, 3.05) is 18.0 Å². The van der Waals surface area contributed by atoms with E-state index in [1.165, 1.54) is 0 Å². The molecule has 0 spiro atoms. The molecule has 0 saturated carbocycles. The first kappa shape index (κ1) is 12.5. The molecule has 1 aromatic rings. The van der Waals surface area contributed by atoms with Crippen molar-refractivity contribution in [3.63, 3.8) is 0 Å². The second-order valence-electron chi connectivity index (χ2n) is 5.47. The van der Waals surface area contributed by atoms with E-state index in [1.54, 1.807) is 6.20 Å². The van der Waals surface area contributed by atoms with Crippen LogP contribution in [0.25, 0.3) is 0 Å². The van der Waals surface area contributed by atoms with Gasteiger partial charge in [0.2, 0.25) is 5.95 Å². The van der Waals surface area contributed by atoms with E-state index in [-0.39, 0.29) is 18.0 Å². The lowest BCUT2D eigenvalue weighted by Gasteiger charge is -2.35. The van der Waals surface area contributed by atoms with Crippen LogP contribution in [0.5, 0.6) is 0 Å². The normalized spacial score (nSPS) is 27.3. The summed E-state index contributed by atoms with van der Waals surface area (Å²) in [6.07, 6.45) is 4.48. The summed E-state index contributed by atoms with van der Waals surface area (Å²) < 4.78 is 5.72. The number of Topliss-reactive ketones (excluding diaryl/α,β-unsaturated/α-hetero) is 1. The molecule has 1 fully saturated rings. The van der Waals surface area contributed by atoms with Crippen molar-refractivity contribution < 1.29 is 9.53 Å². The molecule has 2 heterocycles. The lowest BCUT2D eigenvalue weighted by Crippen LogP contribution is -2.46. The van der Waals surface area contributed by atoms with Gasteiger partial charge in [0.1, 0.15) is 0 Å². The van der Waals surface area contributed by atoms with Crippen molar-refractivity contribution in [2.24, 2.45) is 0 Å². The van der Waals surface area contributed by atoms with E-state index in [1.807, 2.05) is 0 Å². The Labute approximate surface area is 113 Å². The molecule has 5 nitrogen and oxygen atoms in total. The quantitative estimate of drug-likeness (QED) is 0.768. The van der Waals surface area contributed by atoms with E-state index in [9.17, 15) is 4.79 Å². The molecule has 0 amide bonds. The van der Waals surface area contributed by atoms with Crippen molar-refractivity contribution in [1.82, 2.24) is 9.97 Å². The molecule has 5 heteroatoms. The second-order valence-corrected chi connectivity index (χ2v) is 5.47. The number of nitrogens with zero attached hydrogens (tertiary/aromatic N) is 3. The topological polar surface area (TPSA) is 55.3 Å². The first-order valence-corrected chi connectivity index (χ1v) is 6.93. The van der Waals surface area contributed by atoms with Gasteiger partial charge >= 0.3 is 0 Å². The zero-order valence-corrected chi connectivity index (χ0v) is 11.4. The number of aryl methyl sites for hydroxylation is 1. The number of ketones is 1. The van der Waals surface area contributed by atoms with Crippen LogP contribution < -0.4 is 4.90 Å². The molecule has 1 saturated heterocycles. The lowest BCUT2D eigenvalue weighted by molar-refractivity contribution is -0.00574. The maximum Gasteiger partial charge on any atom is 0.225 e. The van der Waals surface area contributed by atoms with Gasteiger partial charge in [-0.2, -0.15) is 0 Å². The van der Waals surface area contributed by atoms with E-state index in [2.05, 4.69) is 28.7 Å². The number of fused-ring (bicyclic) bond motifs is 1. The number of carbonyl (C=O) groups excluding carboxylic acids is 1. The van der Waals surface area contributed by atoms with Gasteiger partial charge in [-0.15, -0.1) is 0 Å². The van der Waals surface area contributed by atoms with Crippen molar-refractivity contribution >= 4 is 11.7 Å². The van der Waals surface area contributed by atoms with Gasteiger partial charge in [0.05, 0.1) is 23.5 Å². The molecule has 19 heavy (non-hydrogen) atoms. The highest BCUT2D eigenvalue weighted by Gasteiger charge is 2.26. The smallest absolute Gasteiger partial charge is 0.225 e. The number of morpholine rings is 1. The number of aromatic nitrogens is 2. The Morgan fingerprint density at radius 3 is 2.74 bits per heavy atom. The minimum Gasteiger partial charge on any atom is -0.372 e. The predicted molar refractivity (Wildman–Crippen MR) is 71.5 cm³/mol. The third-order valence-corrected chi connectivity index (χ3v) is 3.68. The molecule has 3 rings (SSSR count). The summed E-state index contributed by atoms with van der Waals surface area (Å²) in [5.74, 6) is 0.909. The van der Waals surface area contributed by atoms with Gasteiger partial charge in [-0.05, 0) is 26.7 Å². The van der Waals surface area contributed by atoms with E-state index in [0.29, 0.717) is 12.0 Å². The summed E-state index contributed by atoms with van der Waals surface area (Å²) in [6, 6.07) is 0. The van der Waals surface area contributed by atoms with Gasteiger partial charge in [0.25, 0.3) is 0 Å². The van der Waals surface area contributed by atoms with Crippen molar-refractivity contribution in [3.8, 4) is 0 Å². The van der Waals surface area contributed by atoms with E-state index < -0.39 is 0 Å². The lowest BCUT2D eigenvalue weighted by atomic mass is 9.96.